The monoisotopic (exact) mass is 356 g/mol. The maximum absolute atomic E-state index is 12.1. The minimum Gasteiger partial charge on any atom is -0.461 e. The van der Waals surface area contributed by atoms with E-state index in [-0.39, 0.29) is 23.6 Å². The minimum atomic E-state index is -0.201. The van der Waals surface area contributed by atoms with E-state index in [2.05, 4.69) is 24.8 Å². The van der Waals surface area contributed by atoms with Crippen LogP contribution in [0.3, 0.4) is 0 Å². The van der Waals surface area contributed by atoms with E-state index >= 15 is 0 Å². The lowest BCUT2D eigenvalue weighted by atomic mass is 9.82. The Bertz CT molecular complexity index is 632. The second-order valence-electron chi connectivity index (χ2n) is 7.24. The molecule has 3 nitrogen and oxygen atoms in total. The normalized spacial score (nSPS) is 15.6. The summed E-state index contributed by atoms with van der Waals surface area (Å²) in [4.78, 5) is 24.2. The van der Waals surface area contributed by atoms with E-state index in [1.165, 1.54) is 24.0 Å². The first kappa shape index (κ1) is 20.4. The Morgan fingerprint density at radius 3 is 2.58 bits per heavy atom. The van der Waals surface area contributed by atoms with Crippen LogP contribution < -0.4 is 0 Å². The van der Waals surface area contributed by atoms with Crippen molar-refractivity contribution in [3.05, 3.63) is 47.5 Å². The van der Waals surface area contributed by atoms with Gasteiger partial charge in [0.15, 0.2) is 0 Å². The molecule has 0 radical (unpaired) electrons. The first-order valence-corrected chi connectivity index (χ1v) is 10.0. The van der Waals surface area contributed by atoms with E-state index in [1.807, 2.05) is 19.9 Å². The average Bonchev–Trinajstić information content (AvgIpc) is 2.68. The molecular formula is C23H32O3. The summed E-state index contributed by atoms with van der Waals surface area (Å²) in [6.07, 6.45) is 8.89. The van der Waals surface area contributed by atoms with Crippen LogP contribution in [-0.2, 0) is 33.8 Å². The molecule has 26 heavy (non-hydrogen) atoms. The quantitative estimate of drug-likeness (QED) is 0.428. The SMILES string of the molecule is C=CC(CCC(=O)OCc1ccc2c(c1)CCCC2)C(CC)C(=O)CC. The van der Waals surface area contributed by atoms with Crippen LogP contribution in [0.2, 0.25) is 0 Å². The van der Waals surface area contributed by atoms with Crippen LogP contribution >= 0.6 is 0 Å². The van der Waals surface area contributed by atoms with Gasteiger partial charge in [-0.15, -0.1) is 6.58 Å². The molecule has 0 bridgehead atoms. The molecule has 1 aliphatic rings. The van der Waals surface area contributed by atoms with E-state index in [1.54, 1.807) is 0 Å². The van der Waals surface area contributed by atoms with Gasteiger partial charge in [-0.1, -0.05) is 38.1 Å². The van der Waals surface area contributed by atoms with Gasteiger partial charge in [-0.3, -0.25) is 9.59 Å². The molecule has 0 aliphatic heterocycles. The Labute approximate surface area is 157 Å². The Balaban J connectivity index is 1.82. The molecule has 2 rings (SSSR count). The fourth-order valence-electron chi connectivity index (χ4n) is 3.91. The Morgan fingerprint density at radius 1 is 1.19 bits per heavy atom. The van der Waals surface area contributed by atoms with Gasteiger partial charge in [0.1, 0.15) is 12.4 Å². The molecular weight excluding hydrogens is 324 g/mol. The van der Waals surface area contributed by atoms with Crippen LogP contribution in [0.4, 0.5) is 0 Å². The highest BCUT2D eigenvalue weighted by Gasteiger charge is 2.24. The molecule has 0 heterocycles. The molecule has 1 aromatic rings. The highest BCUT2D eigenvalue weighted by Crippen LogP contribution is 2.25. The van der Waals surface area contributed by atoms with Gasteiger partial charge in [-0.25, -0.2) is 0 Å². The summed E-state index contributed by atoms with van der Waals surface area (Å²) >= 11 is 0. The Kier molecular flexibility index (Phi) is 8.08. The smallest absolute Gasteiger partial charge is 0.306 e. The molecule has 0 saturated heterocycles. The fraction of sp³-hybridized carbons (Fsp3) is 0.565. The van der Waals surface area contributed by atoms with E-state index in [0.29, 0.717) is 25.9 Å². The lowest BCUT2D eigenvalue weighted by Crippen LogP contribution is -2.22. The summed E-state index contributed by atoms with van der Waals surface area (Å²) in [5.74, 6) is 0.0582. The van der Waals surface area contributed by atoms with Gasteiger partial charge < -0.3 is 4.74 Å². The first-order valence-electron chi connectivity index (χ1n) is 10.0. The number of benzene rings is 1. The minimum absolute atomic E-state index is 0.0362. The summed E-state index contributed by atoms with van der Waals surface area (Å²) in [7, 11) is 0. The summed E-state index contributed by atoms with van der Waals surface area (Å²) < 4.78 is 5.46. The number of fused-ring (bicyclic) bond motifs is 1. The predicted molar refractivity (Wildman–Crippen MR) is 105 cm³/mol. The van der Waals surface area contributed by atoms with Crippen molar-refractivity contribution in [2.24, 2.45) is 11.8 Å². The zero-order valence-corrected chi connectivity index (χ0v) is 16.3. The number of esters is 1. The lowest BCUT2D eigenvalue weighted by molar-refractivity contribution is -0.145. The molecule has 142 valence electrons. The summed E-state index contributed by atoms with van der Waals surface area (Å²) in [6.45, 7) is 8.09. The number of hydrogen-bond donors (Lipinski definition) is 0. The zero-order chi connectivity index (χ0) is 18.9. The number of aryl methyl sites for hydroxylation is 2. The number of rotatable bonds is 10. The second kappa shape index (κ2) is 10.3. The third kappa shape index (κ3) is 5.55. The van der Waals surface area contributed by atoms with Crippen molar-refractivity contribution in [3.63, 3.8) is 0 Å². The van der Waals surface area contributed by atoms with Crippen molar-refractivity contribution in [1.82, 2.24) is 0 Å². The molecule has 3 heteroatoms. The number of carbonyl (C=O) groups is 2. The summed E-state index contributed by atoms with van der Waals surface area (Å²) in [5.41, 5.74) is 3.90. The molecule has 1 aromatic carbocycles. The topological polar surface area (TPSA) is 43.4 Å². The van der Waals surface area contributed by atoms with Crippen molar-refractivity contribution in [2.75, 3.05) is 0 Å². The van der Waals surface area contributed by atoms with Gasteiger partial charge in [0.05, 0.1) is 0 Å². The molecule has 1 aliphatic carbocycles. The maximum Gasteiger partial charge on any atom is 0.306 e. The molecule has 0 saturated carbocycles. The van der Waals surface area contributed by atoms with Gasteiger partial charge >= 0.3 is 5.97 Å². The Morgan fingerprint density at radius 2 is 1.92 bits per heavy atom. The van der Waals surface area contributed by atoms with Crippen molar-refractivity contribution >= 4 is 11.8 Å². The van der Waals surface area contributed by atoms with Crippen LogP contribution in [0.5, 0.6) is 0 Å². The predicted octanol–water partition coefficient (Wildman–Crippen LogP) is 5.20. The van der Waals surface area contributed by atoms with Crippen molar-refractivity contribution in [2.45, 2.75) is 71.8 Å². The number of ether oxygens (including phenoxy) is 1. The molecule has 0 amide bonds. The number of allylic oxidation sites excluding steroid dienone is 1. The van der Waals surface area contributed by atoms with Gasteiger partial charge in [0, 0.05) is 18.8 Å². The van der Waals surface area contributed by atoms with Crippen LogP contribution in [0.15, 0.2) is 30.9 Å². The summed E-state index contributed by atoms with van der Waals surface area (Å²) in [5, 5.41) is 0. The van der Waals surface area contributed by atoms with Gasteiger partial charge in [0.2, 0.25) is 0 Å². The largest absolute Gasteiger partial charge is 0.461 e. The molecule has 2 unspecified atom stereocenters. The lowest BCUT2D eigenvalue weighted by Gasteiger charge is -2.21. The molecule has 0 N–H and O–H groups in total. The molecule has 0 fully saturated rings. The van der Waals surface area contributed by atoms with Crippen molar-refractivity contribution in [1.29, 1.82) is 0 Å². The highest BCUT2D eigenvalue weighted by molar-refractivity contribution is 5.81. The van der Waals surface area contributed by atoms with Crippen molar-refractivity contribution in [3.8, 4) is 0 Å². The Hall–Kier alpha value is -1.90. The van der Waals surface area contributed by atoms with Crippen LogP contribution in [0.25, 0.3) is 0 Å². The third-order valence-electron chi connectivity index (χ3n) is 5.52. The van der Waals surface area contributed by atoms with Gasteiger partial charge in [0.25, 0.3) is 0 Å². The third-order valence-corrected chi connectivity index (χ3v) is 5.52. The highest BCUT2D eigenvalue weighted by atomic mass is 16.5. The maximum atomic E-state index is 12.1. The zero-order valence-electron chi connectivity index (χ0n) is 16.3. The molecule has 0 spiro atoms. The van der Waals surface area contributed by atoms with Crippen LogP contribution in [0, 0.1) is 11.8 Å². The first-order chi connectivity index (χ1) is 12.6. The second-order valence-corrected chi connectivity index (χ2v) is 7.24. The number of carbonyl (C=O) groups excluding carboxylic acids is 2. The average molecular weight is 357 g/mol. The standard InChI is InChI=1S/C23H32O3/c1-4-18(21(5-2)22(24)6-3)13-14-23(25)26-16-17-11-12-19-9-7-8-10-20(19)15-17/h4,11-12,15,18,21H,1,5-10,13-14,16H2,2-3H3. The fourth-order valence-corrected chi connectivity index (χ4v) is 3.91. The van der Waals surface area contributed by atoms with E-state index in [4.69, 9.17) is 4.74 Å². The number of hydrogen-bond acceptors (Lipinski definition) is 3. The number of Topliss-reactive ketones (excluding diaryl/α,β-unsaturated/α-hetero) is 1. The van der Waals surface area contributed by atoms with Crippen molar-refractivity contribution < 1.29 is 14.3 Å². The molecule has 0 aromatic heterocycles. The summed E-state index contributed by atoms with van der Waals surface area (Å²) in [6, 6.07) is 6.42. The van der Waals surface area contributed by atoms with E-state index < -0.39 is 0 Å². The number of ketones is 1. The molecule has 2 atom stereocenters. The van der Waals surface area contributed by atoms with E-state index in [9.17, 15) is 9.59 Å². The van der Waals surface area contributed by atoms with Gasteiger partial charge in [-0.2, -0.15) is 0 Å². The van der Waals surface area contributed by atoms with Crippen LogP contribution in [-0.4, -0.2) is 11.8 Å². The van der Waals surface area contributed by atoms with Gasteiger partial charge in [-0.05, 0) is 61.1 Å². The van der Waals surface area contributed by atoms with E-state index in [0.717, 1.165) is 24.8 Å². The van der Waals surface area contributed by atoms with Crippen LogP contribution in [0.1, 0.15) is 69.1 Å².